The molecular formula is C14H14O4. The van der Waals surface area contributed by atoms with Gasteiger partial charge in [-0.1, -0.05) is 30.3 Å². The Bertz CT molecular complexity index is 486. The van der Waals surface area contributed by atoms with Gasteiger partial charge >= 0.3 is 11.9 Å². The molecule has 0 heterocycles. The van der Waals surface area contributed by atoms with Crippen molar-refractivity contribution < 1.29 is 19.4 Å². The Kier molecular flexibility index (Phi) is 5.38. The fourth-order valence-corrected chi connectivity index (χ4v) is 1.32. The van der Waals surface area contributed by atoms with Gasteiger partial charge in [-0.05, 0) is 23.3 Å². The van der Waals surface area contributed by atoms with Crippen LogP contribution >= 0.6 is 0 Å². The first-order valence-electron chi connectivity index (χ1n) is 5.39. The Morgan fingerprint density at radius 2 is 1.83 bits per heavy atom. The van der Waals surface area contributed by atoms with E-state index in [1.807, 2.05) is 24.3 Å². The number of hydrogen-bond donors (Lipinski definition) is 1. The van der Waals surface area contributed by atoms with Gasteiger partial charge in [-0.2, -0.15) is 0 Å². The van der Waals surface area contributed by atoms with Crippen LogP contribution in [0.3, 0.4) is 0 Å². The van der Waals surface area contributed by atoms with Gasteiger partial charge in [0, 0.05) is 13.0 Å². The fraction of sp³-hybridized carbons (Fsp3) is 0.143. The molecule has 94 valence electrons. The zero-order chi connectivity index (χ0) is 13.4. The lowest BCUT2D eigenvalue weighted by atomic mass is 10.1. The van der Waals surface area contributed by atoms with Crippen molar-refractivity contribution in [3.8, 4) is 0 Å². The minimum Gasteiger partial charge on any atom is -0.478 e. The third-order valence-electron chi connectivity index (χ3n) is 2.08. The van der Waals surface area contributed by atoms with Crippen molar-refractivity contribution >= 4 is 24.1 Å². The van der Waals surface area contributed by atoms with Crippen molar-refractivity contribution in [2.45, 2.75) is 6.92 Å². The normalized spacial score (nSPS) is 10.9. The van der Waals surface area contributed by atoms with Gasteiger partial charge in [-0.15, -0.1) is 0 Å². The maximum Gasteiger partial charge on any atom is 0.328 e. The lowest BCUT2D eigenvalue weighted by Gasteiger charge is -2.00. The van der Waals surface area contributed by atoms with E-state index in [1.165, 1.54) is 13.0 Å². The number of aliphatic carboxylic acids is 1. The zero-order valence-electron chi connectivity index (χ0n) is 10.00. The third kappa shape index (κ3) is 5.12. The van der Waals surface area contributed by atoms with Crippen molar-refractivity contribution in [3.05, 3.63) is 47.5 Å². The molecule has 1 aromatic rings. The average Bonchev–Trinajstić information content (AvgIpc) is 2.33. The van der Waals surface area contributed by atoms with Crippen LogP contribution in [0.2, 0.25) is 0 Å². The van der Waals surface area contributed by atoms with Gasteiger partial charge in [0.15, 0.2) is 0 Å². The molecule has 1 rings (SSSR count). The molecule has 0 spiro atoms. The minimum absolute atomic E-state index is 0.201. The van der Waals surface area contributed by atoms with E-state index in [0.29, 0.717) is 0 Å². The molecule has 18 heavy (non-hydrogen) atoms. The van der Waals surface area contributed by atoms with Crippen molar-refractivity contribution in [2.75, 3.05) is 6.61 Å². The summed E-state index contributed by atoms with van der Waals surface area (Å²) < 4.78 is 4.76. The van der Waals surface area contributed by atoms with Crippen LogP contribution in [0.5, 0.6) is 0 Å². The van der Waals surface area contributed by atoms with Crippen LogP contribution in [0.15, 0.2) is 36.4 Å². The number of rotatable bonds is 5. The second-order valence-electron chi connectivity index (χ2n) is 3.51. The summed E-state index contributed by atoms with van der Waals surface area (Å²) in [6.45, 7) is 1.55. The summed E-state index contributed by atoms with van der Waals surface area (Å²) in [6.07, 6.45) is 6.09. The van der Waals surface area contributed by atoms with Crippen molar-refractivity contribution in [3.63, 3.8) is 0 Å². The predicted molar refractivity (Wildman–Crippen MR) is 68.8 cm³/mol. The minimum atomic E-state index is -0.992. The molecule has 0 radical (unpaired) electrons. The number of carbonyl (C=O) groups is 2. The molecule has 4 nitrogen and oxygen atoms in total. The molecule has 0 saturated heterocycles. The maximum absolute atomic E-state index is 10.6. The highest BCUT2D eigenvalue weighted by molar-refractivity contribution is 5.86. The Balaban J connectivity index is 2.76. The predicted octanol–water partition coefficient (Wildman–Crippen LogP) is 2.36. The summed E-state index contributed by atoms with van der Waals surface area (Å²) in [5.74, 6) is -1.33. The topological polar surface area (TPSA) is 63.6 Å². The molecule has 1 N–H and O–H groups in total. The number of hydrogen-bond acceptors (Lipinski definition) is 3. The standard InChI is InChI=1S/C14H14O4/c1-11(15)18-10-4-7-12-5-2-3-6-13(12)8-9-14(16)17/h2-9H,10H2,1H3,(H,16,17). The summed E-state index contributed by atoms with van der Waals surface area (Å²) >= 11 is 0. The van der Waals surface area contributed by atoms with Crippen LogP contribution in [0.25, 0.3) is 12.2 Å². The Morgan fingerprint density at radius 1 is 1.22 bits per heavy atom. The highest BCUT2D eigenvalue weighted by Gasteiger charge is 1.95. The Hall–Kier alpha value is -2.36. The molecule has 1 aromatic carbocycles. The number of carbonyl (C=O) groups excluding carboxylic acids is 1. The molecule has 0 unspecified atom stereocenters. The first-order valence-corrected chi connectivity index (χ1v) is 5.39. The lowest BCUT2D eigenvalue weighted by Crippen LogP contribution is -1.97. The summed E-state index contributed by atoms with van der Waals surface area (Å²) in [7, 11) is 0. The average molecular weight is 246 g/mol. The van der Waals surface area contributed by atoms with Crippen LogP contribution in [-0.2, 0) is 14.3 Å². The van der Waals surface area contributed by atoms with E-state index in [4.69, 9.17) is 9.84 Å². The van der Waals surface area contributed by atoms with E-state index < -0.39 is 5.97 Å². The number of carboxylic acids is 1. The van der Waals surface area contributed by atoms with E-state index >= 15 is 0 Å². The number of ether oxygens (including phenoxy) is 1. The second-order valence-corrected chi connectivity index (χ2v) is 3.51. The van der Waals surface area contributed by atoms with Crippen molar-refractivity contribution in [1.29, 1.82) is 0 Å². The number of carboxylic acid groups (broad SMARTS) is 1. The molecular weight excluding hydrogens is 232 g/mol. The molecule has 0 fully saturated rings. The van der Waals surface area contributed by atoms with Crippen LogP contribution in [0.4, 0.5) is 0 Å². The van der Waals surface area contributed by atoms with Crippen molar-refractivity contribution in [1.82, 2.24) is 0 Å². The molecule has 0 bridgehead atoms. The third-order valence-corrected chi connectivity index (χ3v) is 2.08. The first-order chi connectivity index (χ1) is 8.59. The highest BCUT2D eigenvalue weighted by atomic mass is 16.5. The summed E-state index contributed by atoms with van der Waals surface area (Å²) in [4.78, 5) is 21.0. The molecule has 0 aliphatic rings. The van der Waals surface area contributed by atoms with Gasteiger partial charge in [-0.25, -0.2) is 4.79 Å². The monoisotopic (exact) mass is 246 g/mol. The van der Waals surface area contributed by atoms with Gasteiger partial charge in [-0.3, -0.25) is 4.79 Å². The van der Waals surface area contributed by atoms with Crippen LogP contribution in [0.1, 0.15) is 18.1 Å². The Labute approximate surface area is 105 Å². The van der Waals surface area contributed by atoms with Gasteiger partial charge in [0.2, 0.25) is 0 Å². The maximum atomic E-state index is 10.6. The van der Waals surface area contributed by atoms with Gasteiger partial charge < -0.3 is 9.84 Å². The van der Waals surface area contributed by atoms with Crippen molar-refractivity contribution in [2.24, 2.45) is 0 Å². The summed E-state index contributed by atoms with van der Waals surface area (Å²) in [5, 5.41) is 8.58. The van der Waals surface area contributed by atoms with Gasteiger partial charge in [0.1, 0.15) is 6.61 Å². The smallest absolute Gasteiger partial charge is 0.328 e. The molecule has 0 aromatic heterocycles. The molecule has 0 aliphatic heterocycles. The molecule has 0 aliphatic carbocycles. The van der Waals surface area contributed by atoms with E-state index in [9.17, 15) is 9.59 Å². The summed E-state index contributed by atoms with van der Waals surface area (Å²) in [5.41, 5.74) is 1.65. The van der Waals surface area contributed by atoms with Gasteiger partial charge in [0.25, 0.3) is 0 Å². The quantitative estimate of drug-likeness (QED) is 0.640. The van der Waals surface area contributed by atoms with Crippen LogP contribution < -0.4 is 0 Å². The second kappa shape index (κ2) is 7.06. The molecule has 0 atom stereocenters. The number of benzene rings is 1. The fourth-order valence-electron chi connectivity index (χ4n) is 1.32. The van der Waals surface area contributed by atoms with Crippen LogP contribution in [-0.4, -0.2) is 23.7 Å². The lowest BCUT2D eigenvalue weighted by molar-refractivity contribution is -0.139. The number of esters is 1. The zero-order valence-corrected chi connectivity index (χ0v) is 10.00. The first kappa shape index (κ1) is 13.7. The van der Waals surface area contributed by atoms with E-state index in [0.717, 1.165) is 17.2 Å². The summed E-state index contributed by atoms with van der Waals surface area (Å²) in [6, 6.07) is 7.34. The SMILES string of the molecule is CC(=O)OCC=Cc1ccccc1C=CC(=O)O. The van der Waals surface area contributed by atoms with E-state index in [2.05, 4.69) is 0 Å². The van der Waals surface area contributed by atoms with Gasteiger partial charge in [0.05, 0.1) is 0 Å². The molecule has 0 saturated carbocycles. The largest absolute Gasteiger partial charge is 0.478 e. The Morgan fingerprint density at radius 3 is 2.39 bits per heavy atom. The molecule has 4 heteroatoms. The van der Waals surface area contributed by atoms with E-state index in [1.54, 1.807) is 12.2 Å². The van der Waals surface area contributed by atoms with E-state index in [-0.39, 0.29) is 12.6 Å². The highest BCUT2D eigenvalue weighted by Crippen LogP contribution is 2.12. The van der Waals surface area contributed by atoms with Crippen LogP contribution in [0, 0.1) is 0 Å². The molecule has 0 amide bonds.